The van der Waals surface area contributed by atoms with E-state index >= 15 is 0 Å². The summed E-state index contributed by atoms with van der Waals surface area (Å²) in [6.07, 6.45) is 2.31. The zero-order chi connectivity index (χ0) is 16.4. The van der Waals surface area contributed by atoms with Crippen LogP contribution >= 0.6 is 0 Å². The van der Waals surface area contributed by atoms with E-state index in [4.69, 9.17) is 4.74 Å². The molecule has 0 aliphatic heterocycles. The van der Waals surface area contributed by atoms with E-state index in [0.717, 1.165) is 6.42 Å². The van der Waals surface area contributed by atoms with Crippen LogP contribution in [0.5, 0.6) is 0 Å². The number of carbonyl (C=O) groups excluding carboxylic acids is 1. The molecule has 2 nitrogen and oxygen atoms in total. The minimum atomic E-state index is -1.17. The fraction of sp³-hybridized carbons (Fsp3) is 0.722. The summed E-state index contributed by atoms with van der Waals surface area (Å²) >= 11 is 0. The fourth-order valence-corrected chi connectivity index (χ4v) is 4.30. The predicted octanol–water partition coefficient (Wildman–Crippen LogP) is 5.20. The highest BCUT2D eigenvalue weighted by atomic mass is 28.3. The number of carbonyl (C=O) groups is 1. The van der Waals surface area contributed by atoms with Gasteiger partial charge in [-0.2, -0.15) is 0 Å². The van der Waals surface area contributed by atoms with E-state index in [0.29, 0.717) is 12.5 Å². The molecule has 0 saturated carbocycles. The highest BCUT2D eigenvalue weighted by Crippen LogP contribution is 2.37. The van der Waals surface area contributed by atoms with Gasteiger partial charge in [0, 0.05) is 8.07 Å². The zero-order valence-electron chi connectivity index (χ0n) is 14.9. The van der Waals surface area contributed by atoms with Crippen molar-refractivity contribution in [3.63, 3.8) is 0 Å². The molecule has 1 aliphatic rings. The summed E-state index contributed by atoms with van der Waals surface area (Å²) in [6, 6.07) is 1.18. The Morgan fingerprint density at radius 2 is 1.90 bits per heavy atom. The lowest BCUT2D eigenvalue weighted by molar-refractivity contribution is -0.151. The molecule has 1 aliphatic carbocycles. The fourth-order valence-electron chi connectivity index (χ4n) is 2.62. The Bertz CT molecular complexity index is 447. The number of rotatable bonds is 4. The summed E-state index contributed by atoms with van der Waals surface area (Å²) in [5.41, 5.74) is 3.44. The van der Waals surface area contributed by atoms with Crippen molar-refractivity contribution < 1.29 is 9.53 Å². The van der Waals surface area contributed by atoms with Gasteiger partial charge in [-0.15, -0.1) is 0 Å². The van der Waals surface area contributed by atoms with Gasteiger partial charge in [-0.1, -0.05) is 38.7 Å². The zero-order valence-corrected chi connectivity index (χ0v) is 15.9. The van der Waals surface area contributed by atoms with Gasteiger partial charge in [0.25, 0.3) is 0 Å². The smallest absolute Gasteiger partial charge is 0.311 e. The molecule has 0 amide bonds. The maximum Gasteiger partial charge on any atom is 0.311 e. The molecule has 0 aromatic carbocycles. The van der Waals surface area contributed by atoms with Gasteiger partial charge in [-0.25, -0.2) is 0 Å². The lowest BCUT2D eigenvalue weighted by atomic mass is 9.82. The third-order valence-corrected chi connectivity index (χ3v) is 5.48. The Morgan fingerprint density at radius 1 is 1.33 bits per heavy atom. The normalized spacial score (nSPS) is 20.7. The number of ether oxygens (including phenoxy) is 1. The number of allylic oxidation sites excluding steroid dienone is 1. The van der Waals surface area contributed by atoms with E-state index < -0.39 is 13.5 Å². The molecule has 1 rings (SSSR count). The lowest BCUT2D eigenvalue weighted by Crippen LogP contribution is -2.27. The molecule has 0 radical (unpaired) electrons. The van der Waals surface area contributed by atoms with Crippen molar-refractivity contribution in [1.29, 1.82) is 0 Å². The number of hydrogen-bond donors (Lipinski definition) is 0. The van der Waals surface area contributed by atoms with E-state index in [-0.39, 0.29) is 5.97 Å². The van der Waals surface area contributed by atoms with Crippen LogP contribution in [-0.4, -0.2) is 20.7 Å². The van der Waals surface area contributed by atoms with Crippen LogP contribution < -0.4 is 0 Å². The van der Waals surface area contributed by atoms with Crippen molar-refractivity contribution in [2.45, 2.75) is 66.2 Å². The van der Waals surface area contributed by atoms with Gasteiger partial charge in [0.2, 0.25) is 0 Å². The minimum absolute atomic E-state index is 0.131. The standard InChI is InChI=1S/C18H32O2Si/c1-13-9-10-15(12-21(6,7)8)16(14(13)2)11-20-17(19)18(3,4)5/h13H,2,9-12H2,1,3-8H3/t13-/m0/s1. The van der Waals surface area contributed by atoms with Crippen LogP contribution in [0.2, 0.25) is 25.7 Å². The topological polar surface area (TPSA) is 26.3 Å². The largest absolute Gasteiger partial charge is 0.460 e. The van der Waals surface area contributed by atoms with Crippen molar-refractivity contribution in [2.75, 3.05) is 6.61 Å². The number of esters is 1. The second-order valence-electron chi connectivity index (χ2n) is 8.61. The molecule has 0 unspecified atom stereocenters. The summed E-state index contributed by atoms with van der Waals surface area (Å²) in [5.74, 6) is 0.368. The second-order valence-corrected chi connectivity index (χ2v) is 14.1. The molecule has 0 N–H and O–H groups in total. The van der Waals surface area contributed by atoms with E-state index in [9.17, 15) is 4.79 Å². The second kappa shape index (κ2) is 6.51. The van der Waals surface area contributed by atoms with Gasteiger partial charge in [0.05, 0.1) is 5.41 Å². The Balaban J connectivity index is 2.93. The SMILES string of the molecule is C=C1C(COC(=O)C(C)(C)C)=C(C[Si](C)(C)C)CC[C@@H]1C. The lowest BCUT2D eigenvalue weighted by Gasteiger charge is -2.31. The van der Waals surface area contributed by atoms with Crippen LogP contribution in [0, 0.1) is 11.3 Å². The first kappa shape index (κ1) is 18.2. The highest BCUT2D eigenvalue weighted by Gasteiger charge is 2.28. The Labute approximate surface area is 131 Å². The van der Waals surface area contributed by atoms with Crippen LogP contribution in [0.15, 0.2) is 23.3 Å². The summed E-state index contributed by atoms with van der Waals surface area (Å²) in [4.78, 5) is 12.0. The summed E-state index contributed by atoms with van der Waals surface area (Å²) in [5, 5.41) is 0. The third-order valence-electron chi connectivity index (χ3n) is 3.99. The molecular formula is C18H32O2Si. The molecule has 0 aromatic rings. The molecule has 0 aromatic heterocycles. The Hall–Kier alpha value is -0.833. The van der Waals surface area contributed by atoms with Crippen LogP contribution in [0.1, 0.15) is 40.5 Å². The van der Waals surface area contributed by atoms with Crippen LogP contribution in [-0.2, 0) is 9.53 Å². The molecule has 0 fully saturated rings. The maximum absolute atomic E-state index is 12.0. The van der Waals surface area contributed by atoms with E-state index in [1.54, 1.807) is 0 Å². The molecule has 3 heteroatoms. The predicted molar refractivity (Wildman–Crippen MR) is 93.1 cm³/mol. The van der Waals surface area contributed by atoms with Crippen LogP contribution in [0.4, 0.5) is 0 Å². The van der Waals surface area contributed by atoms with Crippen LogP contribution in [0.3, 0.4) is 0 Å². The van der Waals surface area contributed by atoms with E-state index in [1.807, 2.05) is 20.8 Å². The molecule has 0 bridgehead atoms. The summed E-state index contributed by atoms with van der Waals surface area (Å²) in [7, 11) is -1.17. The number of hydrogen-bond acceptors (Lipinski definition) is 2. The summed E-state index contributed by atoms with van der Waals surface area (Å²) in [6.45, 7) is 19.7. The van der Waals surface area contributed by atoms with Crippen molar-refractivity contribution in [2.24, 2.45) is 11.3 Å². The van der Waals surface area contributed by atoms with Gasteiger partial charge < -0.3 is 4.74 Å². The van der Waals surface area contributed by atoms with Crippen LogP contribution in [0.25, 0.3) is 0 Å². The Kier molecular flexibility index (Phi) is 5.65. The van der Waals surface area contributed by atoms with Gasteiger partial charge >= 0.3 is 5.97 Å². The van der Waals surface area contributed by atoms with Crippen molar-refractivity contribution >= 4 is 14.0 Å². The average molecular weight is 309 g/mol. The van der Waals surface area contributed by atoms with Gasteiger partial charge in [-0.3, -0.25) is 4.79 Å². The monoisotopic (exact) mass is 308 g/mol. The molecule has 21 heavy (non-hydrogen) atoms. The average Bonchev–Trinajstić information content (AvgIpc) is 2.30. The Morgan fingerprint density at radius 3 is 2.38 bits per heavy atom. The highest BCUT2D eigenvalue weighted by molar-refractivity contribution is 6.76. The van der Waals surface area contributed by atoms with Crippen molar-refractivity contribution in [3.8, 4) is 0 Å². The molecule has 0 heterocycles. The van der Waals surface area contributed by atoms with Crippen molar-refractivity contribution in [3.05, 3.63) is 23.3 Å². The molecule has 120 valence electrons. The quantitative estimate of drug-likeness (QED) is 0.527. The molecule has 1 atom stereocenters. The molecule has 0 saturated heterocycles. The molecular weight excluding hydrogens is 276 g/mol. The molecule has 0 spiro atoms. The first-order valence-electron chi connectivity index (χ1n) is 7.99. The van der Waals surface area contributed by atoms with Crippen molar-refractivity contribution in [1.82, 2.24) is 0 Å². The van der Waals surface area contributed by atoms with E-state index in [1.165, 1.54) is 29.2 Å². The summed E-state index contributed by atoms with van der Waals surface area (Å²) < 4.78 is 5.57. The first-order chi connectivity index (χ1) is 9.42. The maximum atomic E-state index is 12.0. The first-order valence-corrected chi connectivity index (χ1v) is 11.7. The van der Waals surface area contributed by atoms with Gasteiger partial charge in [0.15, 0.2) is 0 Å². The van der Waals surface area contributed by atoms with Gasteiger partial charge in [0.1, 0.15) is 6.61 Å². The third kappa shape index (κ3) is 5.46. The minimum Gasteiger partial charge on any atom is -0.460 e. The van der Waals surface area contributed by atoms with Gasteiger partial charge in [-0.05, 0) is 56.7 Å². The van der Waals surface area contributed by atoms with E-state index in [2.05, 4.69) is 33.1 Å².